The second kappa shape index (κ2) is 8.71. The molecule has 0 saturated heterocycles. The molecule has 0 unspecified atom stereocenters. The number of hydrazone groups is 1. The number of fused-ring (bicyclic) bond motifs is 1. The maximum atomic E-state index is 12.3. The van der Waals surface area contributed by atoms with E-state index < -0.39 is 5.91 Å². The van der Waals surface area contributed by atoms with Crippen molar-refractivity contribution in [1.82, 2.24) is 5.43 Å². The van der Waals surface area contributed by atoms with Crippen LogP contribution in [0.5, 0.6) is 0 Å². The molecule has 1 aromatic heterocycles. The summed E-state index contributed by atoms with van der Waals surface area (Å²) in [7, 11) is 0. The molecular weight excluding hydrogens is 474 g/mol. The summed E-state index contributed by atoms with van der Waals surface area (Å²) in [5.41, 5.74) is 5.20. The number of halogens is 2. The van der Waals surface area contributed by atoms with Gasteiger partial charge in [-0.05, 0) is 65.7 Å². The van der Waals surface area contributed by atoms with Gasteiger partial charge in [-0.25, -0.2) is 5.43 Å². The van der Waals surface area contributed by atoms with Gasteiger partial charge in [0.15, 0.2) is 5.76 Å². The van der Waals surface area contributed by atoms with Crippen LogP contribution < -0.4 is 10.3 Å². The first kappa shape index (κ1) is 19.6. The van der Waals surface area contributed by atoms with Crippen LogP contribution in [0.1, 0.15) is 30.0 Å². The zero-order chi connectivity index (χ0) is 19.4. The zero-order valence-corrected chi connectivity index (χ0v) is 18.2. The molecule has 0 atom stereocenters. The van der Waals surface area contributed by atoms with E-state index in [0.717, 1.165) is 33.0 Å². The topological polar surface area (TPSA) is 57.8 Å². The molecule has 3 rings (SSSR count). The summed E-state index contributed by atoms with van der Waals surface area (Å²) in [6, 6.07) is 13.5. The average molecular weight is 493 g/mol. The molecule has 1 amide bonds. The Kier molecular flexibility index (Phi) is 6.34. The van der Waals surface area contributed by atoms with Gasteiger partial charge in [0.05, 0.1) is 10.7 Å². The van der Waals surface area contributed by atoms with Crippen LogP contribution >= 0.6 is 31.9 Å². The van der Waals surface area contributed by atoms with Gasteiger partial charge in [0.25, 0.3) is 0 Å². The molecule has 2 aromatic carbocycles. The largest absolute Gasteiger partial charge is 0.450 e. The third-order valence-electron chi connectivity index (χ3n) is 4.16. The molecule has 0 saturated carbocycles. The third-order valence-corrected chi connectivity index (χ3v) is 5.21. The minimum Gasteiger partial charge on any atom is -0.450 e. The average Bonchev–Trinajstić information content (AvgIpc) is 3.08. The molecule has 1 N–H and O–H groups in total. The van der Waals surface area contributed by atoms with Crippen molar-refractivity contribution in [2.45, 2.75) is 13.8 Å². The standard InChI is InChI=1S/C20H19Br2N3O2/c1-3-25(4-2)16-7-5-13(6-8-16)12-23-24-20(26)18-10-14-9-15(21)11-17(22)19(14)27-18/h5-12H,3-4H2,1-2H3,(H,24,26)/b23-12-. The van der Waals surface area contributed by atoms with Gasteiger partial charge in [0.2, 0.25) is 0 Å². The Balaban J connectivity index is 1.67. The Morgan fingerprint density at radius 1 is 1.15 bits per heavy atom. The molecule has 0 radical (unpaired) electrons. The summed E-state index contributed by atoms with van der Waals surface area (Å²) >= 11 is 6.85. The fraction of sp³-hybridized carbons (Fsp3) is 0.200. The predicted molar refractivity (Wildman–Crippen MR) is 117 cm³/mol. The van der Waals surface area contributed by atoms with Crippen molar-refractivity contribution >= 4 is 60.6 Å². The Hall–Kier alpha value is -2.12. The second-order valence-corrected chi connectivity index (χ2v) is 7.65. The quantitative estimate of drug-likeness (QED) is 0.361. The number of carbonyl (C=O) groups is 1. The van der Waals surface area contributed by atoms with Crippen LogP contribution in [-0.2, 0) is 0 Å². The number of carbonyl (C=O) groups excluding carboxylic acids is 1. The predicted octanol–water partition coefficient (Wildman–Crippen LogP) is 5.57. The highest BCUT2D eigenvalue weighted by Crippen LogP contribution is 2.30. The molecule has 3 aromatic rings. The lowest BCUT2D eigenvalue weighted by molar-refractivity contribution is 0.0929. The number of amides is 1. The number of hydrogen-bond donors (Lipinski definition) is 1. The first-order valence-corrected chi connectivity index (χ1v) is 10.2. The van der Waals surface area contributed by atoms with Crippen molar-refractivity contribution in [2.75, 3.05) is 18.0 Å². The molecule has 0 aliphatic heterocycles. The number of anilines is 1. The molecule has 5 nitrogen and oxygen atoms in total. The summed E-state index contributed by atoms with van der Waals surface area (Å²) < 4.78 is 7.31. The molecule has 140 valence electrons. The van der Waals surface area contributed by atoms with Crippen LogP contribution in [0.25, 0.3) is 11.0 Å². The lowest BCUT2D eigenvalue weighted by atomic mass is 10.2. The monoisotopic (exact) mass is 491 g/mol. The summed E-state index contributed by atoms with van der Waals surface area (Å²) in [5.74, 6) is -0.192. The van der Waals surface area contributed by atoms with Gasteiger partial charge in [0.1, 0.15) is 5.58 Å². The van der Waals surface area contributed by atoms with Gasteiger partial charge in [-0.3, -0.25) is 4.79 Å². The first-order chi connectivity index (χ1) is 13.0. The van der Waals surface area contributed by atoms with Gasteiger partial charge >= 0.3 is 5.91 Å². The lowest BCUT2D eigenvalue weighted by Crippen LogP contribution is -2.21. The highest BCUT2D eigenvalue weighted by Gasteiger charge is 2.14. The number of nitrogens with one attached hydrogen (secondary N) is 1. The minimum absolute atomic E-state index is 0.206. The van der Waals surface area contributed by atoms with Crippen LogP contribution in [0.2, 0.25) is 0 Å². The van der Waals surface area contributed by atoms with Crippen molar-refractivity contribution in [3.05, 3.63) is 62.7 Å². The maximum absolute atomic E-state index is 12.3. The molecule has 0 aliphatic carbocycles. The van der Waals surface area contributed by atoms with E-state index >= 15 is 0 Å². The van der Waals surface area contributed by atoms with Gasteiger partial charge in [-0.2, -0.15) is 5.10 Å². The minimum atomic E-state index is -0.398. The van der Waals surface area contributed by atoms with E-state index in [-0.39, 0.29) is 5.76 Å². The van der Waals surface area contributed by atoms with Crippen molar-refractivity contribution < 1.29 is 9.21 Å². The normalized spacial score (nSPS) is 11.3. The van der Waals surface area contributed by atoms with Gasteiger partial charge in [-0.15, -0.1) is 0 Å². The van der Waals surface area contributed by atoms with Crippen molar-refractivity contribution in [3.63, 3.8) is 0 Å². The first-order valence-electron chi connectivity index (χ1n) is 8.58. The van der Waals surface area contributed by atoms with Crippen LogP contribution in [0, 0.1) is 0 Å². The number of benzene rings is 2. The number of nitrogens with zero attached hydrogens (tertiary/aromatic N) is 2. The third kappa shape index (κ3) is 4.59. The number of rotatable bonds is 6. The fourth-order valence-corrected chi connectivity index (χ4v) is 4.11. The molecule has 7 heteroatoms. The molecular formula is C20H19Br2N3O2. The highest BCUT2D eigenvalue weighted by molar-refractivity contribution is 9.11. The zero-order valence-electron chi connectivity index (χ0n) is 15.0. The Labute approximate surface area is 174 Å². The Morgan fingerprint density at radius 2 is 1.85 bits per heavy atom. The smallest absolute Gasteiger partial charge is 0.307 e. The van der Waals surface area contributed by atoms with Crippen molar-refractivity contribution in [3.8, 4) is 0 Å². The Morgan fingerprint density at radius 3 is 2.52 bits per heavy atom. The van der Waals surface area contributed by atoms with E-state index in [1.54, 1.807) is 12.3 Å². The molecule has 1 heterocycles. The van der Waals surface area contributed by atoms with E-state index in [2.05, 4.69) is 61.1 Å². The summed E-state index contributed by atoms with van der Waals surface area (Å²) in [6.45, 7) is 6.18. The van der Waals surface area contributed by atoms with Crippen LogP contribution in [-0.4, -0.2) is 25.2 Å². The van der Waals surface area contributed by atoms with E-state index in [9.17, 15) is 4.79 Å². The number of hydrogen-bond acceptors (Lipinski definition) is 4. The highest BCUT2D eigenvalue weighted by atomic mass is 79.9. The van der Waals surface area contributed by atoms with Crippen LogP contribution in [0.3, 0.4) is 0 Å². The molecule has 0 spiro atoms. The van der Waals surface area contributed by atoms with Gasteiger partial charge < -0.3 is 9.32 Å². The van der Waals surface area contributed by atoms with Gasteiger partial charge in [-0.1, -0.05) is 28.1 Å². The fourth-order valence-electron chi connectivity index (χ4n) is 2.77. The van der Waals surface area contributed by atoms with Gasteiger partial charge in [0, 0.05) is 28.6 Å². The summed E-state index contributed by atoms with van der Waals surface area (Å²) in [4.78, 5) is 14.5. The molecule has 27 heavy (non-hydrogen) atoms. The molecule has 0 bridgehead atoms. The maximum Gasteiger partial charge on any atom is 0.307 e. The Bertz CT molecular complexity index is 977. The molecule has 0 fully saturated rings. The van der Waals surface area contributed by atoms with E-state index in [1.807, 2.05) is 36.4 Å². The SMILES string of the molecule is CCN(CC)c1ccc(/C=N\NC(=O)c2cc3cc(Br)cc(Br)c3o2)cc1. The van der Waals surface area contributed by atoms with Crippen molar-refractivity contribution in [2.24, 2.45) is 5.10 Å². The van der Waals surface area contributed by atoms with E-state index in [1.165, 1.54) is 5.69 Å². The summed E-state index contributed by atoms with van der Waals surface area (Å²) in [6.07, 6.45) is 1.61. The van der Waals surface area contributed by atoms with Crippen LogP contribution in [0.4, 0.5) is 5.69 Å². The summed E-state index contributed by atoms with van der Waals surface area (Å²) in [5, 5.41) is 4.85. The van der Waals surface area contributed by atoms with Crippen LogP contribution in [0.15, 0.2) is 60.9 Å². The van der Waals surface area contributed by atoms with Crippen molar-refractivity contribution in [1.29, 1.82) is 0 Å². The van der Waals surface area contributed by atoms with E-state index in [4.69, 9.17) is 4.42 Å². The number of furan rings is 1. The van der Waals surface area contributed by atoms with E-state index in [0.29, 0.717) is 5.58 Å². The second-order valence-electron chi connectivity index (χ2n) is 5.88. The lowest BCUT2D eigenvalue weighted by Gasteiger charge is -2.20. The molecule has 0 aliphatic rings.